The molecular weight excluding hydrogens is 252 g/mol. The van der Waals surface area contributed by atoms with E-state index in [9.17, 15) is 4.79 Å². The van der Waals surface area contributed by atoms with Gasteiger partial charge in [0.05, 0.1) is 12.5 Å². The molecule has 0 amide bonds. The first-order chi connectivity index (χ1) is 9.61. The number of hydrogen-bond acceptors (Lipinski definition) is 4. The highest BCUT2D eigenvalue weighted by atomic mass is 16.5. The fraction of sp³-hybridized carbons (Fsp3) is 0.938. The number of esters is 1. The molecule has 116 valence electrons. The molecule has 0 aromatic rings. The van der Waals surface area contributed by atoms with Gasteiger partial charge in [0.2, 0.25) is 0 Å². The summed E-state index contributed by atoms with van der Waals surface area (Å²) in [5, 5.41) is 0. The highest BCUT2D eigenvalue weighted by molar-refractivity contribution is 5.73. The van der Waals surface area contributed by atoms with Crippen LogP contribution >= 0.6 is 0 Å². The largest absolute Gasteiger partial charge is 0.466 e. The Morgan fingerprint density at radius 1 is 1.00 bits per heavy atom. The molecule has 0 saturated carbocycles. The minimum Gasteiger partial charge on any atom is -0.466 e. The molecule has 0 aliphatic carbocycles. The first kappa shape index (κ1) is 15.8. The van der Waals surface area contributed by atoms with Crippen molar-refractivity contribution in [1.29, 1.82) is 0 Å². The Balaban J connectivity index is 2.02. The van der Waals surface area contributed by atoms with E-state index in [1.807, 2.05) is 6.92 Å². The summed E-state index contributed by atoms with van der Waals surface area (Å²) in [5.74, 6) is 1.26. The monoisotopic (exact) mass is 282 g/mol. The molecule has 2 heterocycles. The van der Waals surface area contributed by atoms with E-state index in [2.05, 4.69) is 23.9 Å². The Hall–Kier alpha value is -0.610. The fourth-order valence-corrected chi connectivity index (χ4v) is 3.78. The van der Waals surface area contributed by atoms with Crippen LogP contribution in [0.3, 0.4) is 0 Å². The lowest BCUT2D eigenvalue weighted by Gasteiger charge is -2.39. The summed E-state index contributed by atoms with van der Waals surface area (Å²) in [4.78, 5) is 17.2. The zero-order chi connectivity index (χ0) is 14.5. The van der Waals surface area contributed by atoms with Crippen LogP contribution in [0.4, 0.5) is 0 Å². The quantitative estimate of drug-likeness (QED) is 0.737. The van der Waals surface area contributed by atoms with Gasteiger partial charge in [-0.3, -0.25) is 4.79 Å². The van der Waals surface area contributed by atoms with Crippen molar-refractivity contribution in [3.8, 4) is 0 Å². The second-order valence-corrected chi connectivity index (χ2v) is 6.56. The van der Waals surface area contributed by atoms with Crippen molar-refractivity contribution in [2.24, 2.45) is 17.8 Å². The average Bonchev–Trinajstić information content (AvgIpc) is 2.44. The molecule has 0 aromatic heterocycles. The van der Waals surface area contributed by atoms with Gasteiger partial charge in [0.25, 0.3) is 0 Å². The molecule has 0 radical (unpaired) electrons. The van der Waals surface area contributed by atoms with Crippen molar-refractivity contribution in [2.75, 3.05) is 46.9 Å². The number of rotatable bonds is 4. The third-order valence-electron chi connectivity index (χ3n) is 5.10. The van der Waals surface area contributed by atoms with Crippen molar-refractivity contribution >= 4 is 5.97 Å². The fourth-order valence-electron chi connectivity index (χ4n) is 3.78. The molecule has 0 N–H and O–H groups in total. The molecule has 4 nitrogen and oxygen atoms in total. The Bertz CT molecular complexity index is 284. The van der Waals surface area contributed by atoms with Gasteiger partial charge in [0, 0.05) is 0 Å². The molecule has 20 heavy (non-hydrogen) atoms. The Morgan fingerprint density at radius 2 is 1.40 bits per heavy atom. The number of ether oxygens (including phenoxy) is 1. The molecule has 2 rings (SSSR count). The zero-order valence-corrected chi connectivity index (χ0v) is 13.3. The zero-order valence-electron chi connectivity index (χ0n) is 13.3. The highest BCUT2D eigenvalue weighted by Crippen LogP contribution is 2.36. The number of carbonyl (C=O) groups is 1. The van der Waals surface area contributed by atoms with Crippen LogP contribution in [0.15, 0.2) is 0 Å². The number of carbonyl (C=O) groups excluding carboxylic acids is 1. The third-order valence-corrected chi connectivity index (χ3v) is 5.10. The Labute approximate surface area is 123 Å². The van der Waals surface area contributed by atoms with Gasteiger partial charge in [0.15, 0.2) is 0 Å². The summed E-state index contributed by atoms with van der Waals surface area (Å²) in [7, 11) is 4.34. The van der Waals surface area contributed by atoms with Crippen molar-refractivity contribution in [2.45, 2.75) is 32.6 Å². The van der Waals surface area contributed by atoms with E-state index >= 15 is 0 Å². The van der Waals surface area contributed by atoms with Crippen LogP contribution in [0, 0.1) is 17.8 Å². The molecule has 4 heteroatoms. The van der Waals surface area contributed by atoms with Gasteiger partial charge in [-0.15, -0.1) is 0 Å². The lowest BCUT2D eigenvalue weighted by molar-refractivity contribution is -0.154. The van der Waals surface area contributed by atoms with Crippen LogP contribution in [0.1, 0.15) is 32.6 Å². The molecule has 0 bridgehead atoms. The van der Waals surface area contributed by atoms with Crippen molar-refractivity contribution in [3.63, 3.8) is 0 Å². The highest BCUT2D eigenvalue weighted by Gasteiger charge is 2.38. The van der Waals surface area contributed by atoms with Gasteiger partial charge in [-0.1, -0.05) is 0 Å². The van der Waals surface area contributed by atoms with E-state index in [0.717, 1.165) is 51.9 Å². The van der Waals surface area contributed by atoms with Gasteiger partial charge in [-0.05, 0) is 84.7 Å². The van der Waals surface area contributed by atoms with E-state index in [4.69, 9.17) is 4.74 Å². The smallest absolute Gasteiger partial charge is 0.309 e. The van der Waals surface area contributed by atoms with E-state index in [1.54, 1.807) is 0 Å². The maximum Gasteiger partial charge on any atom is 0.309 e. The maximum atomic E-state index is 12.5. The SMILES string of the molecule is CCOC(=O)C(C1CCN(C)CC1)C1CCN(C)CC1. The second kappa shape index (κ2) is 7.41. The van der Waals surface area contributed by atoms with Gasteiger partial charge < -0.3 is 14.5 Å². The molecule has 0 unspecified atom stereocenters. The number of piperidine rings is 2. The summed E-state index contributed by atoms with van der Waals surface area (Å²) in [6, 6.07) is 0. The summed E-state index contributed by atoms with van der Waals surface area (Å²) >= 11 is 0. The standard InChI is InChI=1S/C16H30N2O2/c1-4-20-16(19)15(13-5-9-17(2)10-6-13)14-7-11-18(3)12-8-14/h13-15H,4-12H2,1-3H3. The first-order valence-electron chi connectivity index (χ1n) is 8.15. The molecular formula is C16H30N2O2. The van der Waals surface area contributed by atoms with Gasteiger partial charge in [-0.2, -0.15) is 0 Å². The summed E-state index contributed by atoms with van der Waals surface area (Å²) in [6.07, 6.45) is 4.58. The van der Waals surface area contributed by atoms with E-state index in [-0.39, 0.29) is 11.9 Å². The van der Waals surface area contributed by atoms with E-state index in [1.165, 1.54) is 0 Å². The topological polar surface area (TPSA) is 32.8 Å². The summed E-state index contributed by atoms with van der Waals surface area (Å²) in [5.41, 5.74) is 0. The normalized spacial score (nSPS) is 24.2. The molecule has 0 atom stereocenters. The van der Waals surface area contributed by atoms with Crippen LogP contribution in [-0.4, -0.2) is 62.7 Å². The lowest BCUT2D eigenvalue weighted by atomic mass is 9.73. The van der Waals surface area contributed by atoms with Gasteiger partial charge in [-0.25, -0.2) is 0 Å². The molecule has 2 aliphatic rings. The number of nitrogens with zero attached hydrogens (tertiary/aromatic N) is 2. The van der Waals surface area contributed by atoms with Crippen molar-refractivity contribution in [1.82, 2.24) is 9.80 Å². The van der Waals surface area contributed by atoms with Gasteiger partial charge in [0.1, 0.15) is 0 Å². The molecule has 2 aliphatic heterocycles. The minimum absolute atomic E-state index is 0.0663. The van der Waals surface area contributed by atoms with Crippen LogP contribution in [0.2, 0.25) is 0 Å². The van der Waals surface area contributed by atoms with Crippen molar-refractivity contribution < 1.29 is 9.53 Å². The molecule has 0 spiro atoms. The predicted molar refractivity (Wildman–Crippen MR) is 80.6 cm³/mol. The Morgan fingerprint density at radius 3 is 1.75 bits per heavy atom. The van der Waals surface area contributed by atoms with E-state index < -0.39 is 0 Å². The lowest BCUT2D eigenvalue weighted by Crippen LogP contribution is -2.43. The first-order valence-corrected chi connectivity index (χ1v) is 8.15. The average molecular weight is 282 g/mol. The second-order valence-electron chi connectivity index (χ2n) is 6.56. The molecule has 2 fully saturated rings. The van der Waals surface area contributed by atoms with Gasteiger partial charge >= 0.3 is 5.97 Å². The maximum absolute atomic E-state index is 12.5. The number of likely N-dealkylation sites (tertiary alicyclic amines) is 2. The third kappa shape index (κ3) is 3.95. The summed E-state index contributed by atoms with van der Waals surface area (Å²) in [6.45, 7) is 6.90. The van der Waals surface area contributed by atoms with Crippen molar-refractivity contribution in [3.05, 3.63) is 0 Å². The van der Waals surface area contributed by atoms with Crippen LogP contribution < -0.4 is 0 Å². The van der Waals surface area contributed by atoms with E-state index in [0.29, 0.717) is 18.4 Å². The Kier molecular flexibility index (Phi) is 5.85. The van der Waals surface area contributed by atoms with Crippen LogP contribution in [0.5, 0.6) is 0 Å². The molecule has 2 saturated heterocycles. The summed E-state index contributed by atoms with van der Waals surface area (Å²) < 4.78 is 5.40. The van der Waals surface area contributed by atoms with Crippen LogP contribution in [0.25, 0.3) is 0 Å². The minimum atomic E-state index is 0.0663. The number of hydrogen-bond donors (Lipinski definition) is 0. The predicted octanol–water partition coefficient (Wildman–Crippen LogP) is 1.85. The van der Waals surface area contributed by atoms with Crippen LogP contribution in [-0.2, 0) is 9.53 Å². The molecule has 0 aromatic carbocycles.